The SMILES string of the molecule is COc1ccc(Cl)cc1C(=O)OCC(=O)N1CCCC[C@H]1C(N)=O. The summed E-state index contributed by atoms with van der Waals surface area (Å²) in [5.41, 5.74) is 5.45. The van der Waals surface area contributed by atoms with Crippen molar-refractivity contribution in [2.45, 2.75) is 25.3 Å². The highest BCUT2D eigenvalue weighted by Crippen LogP contribution is 2.23. The molecule has 0 unspecified atom stereocenters. The minimum absolute atomic E-state index is 0.128. The fourth-order valence-corrected chi connectivity index (χ4v) is 2.83. The van der Waals surface area contributed by atoms with Crippen LogP contribution >= 0.6 is 11.6 Å². The van der Waals surface area contributed by atoms with E-state index in [1.54, 1.807) is 6.07 Å². The number of benzene rings is 1. The zero-order chi connectivity index (χ0) is 17.7. The average Bonchev–Trinajstić information content (AvgIpc) is 2.59. The lowest BCUT2D eigenvalue weighted by atomic mass is 10.0. The lowest BCUT2D eigenvalue weighted by molar-refractivity contribution is -0.143. The lowest BCUT2D eigenvalue weighted by Crippen LogP contribution is -2.51. The summed E-state index contributed by atoms with van der Waals surface area (Å²) < 4.78 is 10.1. The van der Waals surface area contributed by atoms with Crippen LogP contribution in [0.25, 0.3) is 0 Å². The van der Waals surface area contributed by atoms with E-state index in [2.05, 4.69) is 0 Å². The maximum Gasteiger partial charge on any atom is 0.342 e. The molecule has 0 aliphatic carbocycles. The van der Waals surface area contributed by atoms with Crippen molar-refractivity contribution in [3.05, 3.63) is 28.8 Å². The molecular formula is C16H19ClN2O5. The highest BCUT2D eigenvalue weighted by Gasteiger charge is 2.31. The Morgan fingerprint density at radius 2 is 2.08 bits per heavy atom. The summed E-state index contributed by atoms with van der Waals surface area (Å²) in [6.45, 7) is -0.0528. The Hall–Kier alpha value is -2.28. The minimum atomic E-state index is -0.727. The van der Waals surface area contributed by atoms with Crippen LogP contribution in [0, 0.1) is 0 Å². The van der Waals surface area contributed by atoms with Crippen LogP contribution in [-0.2, 0) is 14.3 Å². The van der Waals surface area contributed by atoms with Gasteiger partial charge in [-0.3, -0.25) is 9.59 Å². The zero-order valence-electron chi connectivity index (χ0n) is 13.3. The van der Waals surface area contributed by atoms with E-state index >= 15 is 0 Å². The number of primary amides is 1. The summed E-state index contributed by atoms with van der Waals surface area (Å²) in [5, 5.41) is 0.346. The third-order valence-corrected chi connectivity index (χ3v) is 4.09. The fraction of sp³-hybridized carbons (Fsp3) is 0.438. The van der Waals surface area contributed by atoms with Gasteiger partial charge in [0, 0.05) is 11.6 Å². The summed E-state index contributed by atoms with van der Waals surface area (Å²) in [6.07, 6.45) is 2.14. The van der Waals surface area contributed by atoms with Crippen molar-refractivity contribution in [1.82, 2.24) is 4.90 Å². The van der Waals surface area contributed by atoms with E-state index in [0.29, 0.717) is 23.7 Å². The van der Waals surface area contributed by atoms with E-state index in [1.165, 1.54) is 24.1 Å². The second-order valence-electron chi connectivity index (χ2n) is 5.42. The third-order valence-electron chi connectivity index (χ3n) is 3.86. The van der Waals surface area contributed by atoms with Gasteiger partial charge in [0.25, 0.3) is 5.91 Å². The number of piperidine rings is 1. The van der Waals surface area contributed by atoms with E-state index in [4.69, 9.17) is 26.8 Å². The number of hydrogen-bond donors (Lipinski definition) is 1. The molecule has 2 rings (SSSR count). The molecule has 2 N–H and O–H groups in total. The van der Waals surface area contributed by atoms with E-state index in [0.717, 1.165) is 12.8 Å². The molecule has 1 aromatic rings. The number of carbonyl (C=O) groups is 3. The van der Waals surface area contributed by atoms with Crippen molar-refractivity contribution < 1.29 is 23.9 Å². The Balaban J connectivity index is 2.02. The molecule has 0 radical (unpaired) electrons. The summed E-state index contributed by atoms with van der Waals surface area (Å²) >= 11 is 5.87. The molecule has 0 saturated carbocycles. The maximum absolute atomic E-state index is 12.3. The molecule has 8 heteroatoms. The predicted molar refractivity (Wildman–Crippen MR) is 86.8 cm³/mol. The minimum Gasteiger partial charge on any atom is -0.496 e. The van der Waals surface area contributed by atoms with Gasteiger partial charge in [0.05, 0.1) is 7.11 Å². The van der Waals surface area contributed by atoms with Gasteiger partial charge in [-0.1, -0.05) is 11.6 Å². The van der Waals surface area contributed by atoms with Crippen LogP contribution in [0.5, 0.6) is 5.75 Å². The number of likely N-dealkylation sites (tertiary alicyclic amines) is 1. The molecule has 0 spiro atoms. The topological polar surface area (TPSA) is 98.9 Å². The molecule has 2 amide bonds. The maximum atomic E-state index is 12.3. The summed E-state index contributed by atoms with van der Waals surface area (Å²) in [4.78, 5) is 37.2. The first-order valence-electron chi connectivity index (χ1n) is 7.53. The Morgan fingerprint density at radius 1 is 1.33 bits per heavy atom. The van der Waals surface area contributed by atoms with Gasteiger partial charge in [0.1, 0.15) is 17.4 Å². The molecule has 1 aliphatic rings. The molecular weight excluding hydrogens is 336 g/mol. The molecule has 1 atom stereocenters. The second kappa shape index (κ2) is 8.01. The van der Waals surface area contributed by atoms with Crippen LogP contribution in [0.1, 0.15) is 29.6 Å². The first-order chi connectivity index (χ1) is 11.4. The van der Waals surface area contributed by atoms with Gasteiger partial charge in [0.2, 0.25) is 5.91 Å². The number of nitrogens with two attached hydrogens (primary N) is 1. The van der Waals surface area contributed by atoms with Gasteiger partial charge >= 0.3 is 5.97 Å². The van der Waals surface area contributed by atoms with E-state index < -0.39 is 30.4 Å². The number of ether oxygens (including phenoxy) is 2. The van der Waals surface area contributed by atoms with Crippen LogP contribution in [0.3, 0.4) is 0 Å². The lowest BCUT2D eigenvalue weighted by Gasteiger charge is -2.33. The van der Waals surface area contributed by atoms with Crippen molar-refractivity contribution >= 4 is 29.4 Å². The van der Waals surface area contributed by atoms with Crippen LogP contribution in [0.4, 0.5) is 0 Å². The van der Waals surface area contributed by atoms with E-state index in [-0.39, 0.29) is 5.56 Å². The Labute approximate surface area is 144 Å². The van der Waals surface area contributed by atoms with E-state index in [1.807, 2.05) is 0 Å². The molecule has 7 nitrogen and oxygen atoms in total. The van der Waals surface area contributed by atoms with Gasteiger partial charge in [-0.2, -0.15) is 0 Å². The van der Waals surface area contributed by atoms with Crippen LogP contribution < -0.4 is 10.5 Å². The first kappa shape index (κ1) is 18.1. The molecule has 1 aliphatic heterocycles. The van der Waals surface area contributed by atoms with E-state index in [9.17, 15) is 14.4 Å². The van der Waals surface area contributed by atoms with Gasteiger partial charge in [0.15, 0.2) is 6.61 Å². The predicted octanol–water partition coefficient (Wildman–Crippen LogP) is 1.37. The normalized spacial score (nSPS) is 17.2. The van der Waals surface area contributed by atoms with Crippen LogP contribution in [0.15, 0.2) is 18.2 Å². The van der Waals surface area contributed by atoms with Crippen LogP contribution in [0.2, 0.25) is 5.02 Å². The van der Waals surface area contributed by atoms with Gasteiger partial charge in [-0.05, 0) is 37.5 Å². The smallest absolute Gasteiger partial charge is 0.342 e. The molecule has 1 heterocycles. The third kappa shape index (κ3) is 4.17. The average molecular weight is 355 g/mol. The van der Waals surface area contributed by atoms with Crippen molar-refractivity contribution in [2.75, 3.05) is 20.3 Å². The first-order valence-corrected chi connectivity index (χ1v) is 7.91. The second-order valence-corrected chi connectivity index (χ2v) is 5.86. The number of amides is 2. The monoisotopic (exact) mass is 354 g/mol. The molecule has 1 aromatic carbocycles. The number of carbonyl (C=O) groups excluding carboxylic acids is 3. The van der Waals surface area contributed by atoms with Gasteiger partial charge < -0.3 is 20.1 Å². The largest absolute Gasteiger partial charge is 0.496 e. The fourth-order valence-electron chi connectivity index (χ4n) is 2.65. The standard InChI is InChI=1S/C16H19ClN2O5/c1-23-13-6-5-10(17)8-11(13)16(22)24-9-14(20)19-7-3-2-4-12(19)15(18)21/h5-6,8,12H,2-4,7,9H2,1H3,(H2,18,21)/t12-/m0/s1. The molecule has 24 heavy (non-hydrogen) atoms. The Bertz CT molecular complexity index is 649. The van der Waals surface area contributed by atoms with Gasteiger partial charge in [-0.15, -0.1) is 0 Å². The Morgan fingerprint density at radius 3 is 2.75 bits per heavy atom. The Kier molecular flexibility index (Phi) is 6.03. The number of hydrogen-bond acceptors (Lipinski definition) is 5. The summed E-state index contributed by atoms with van der Waals surface area (Å²) in [6, 6.07) is 3.87. The number of halogens is 1. The number of rotatable bonds is 5. The quantitative estimate of drug-likeness (QED) is 0.805. The zero-order valence-corrected chi connectivity index (χ0v) is 14.0. The van der Waals surface area contributed by atoms with Crippen molar-refractivity contribution in [3.63, 3.8) is 0 Å². The van der Waals surface area contributed by atoms with Crippen molar-refractivity contribution in [2.24, 2.45) is 5.73 Å². The summed E-state index contributed by atoms with van der Waals surface area (Å²) in [7, 11) is 1.41. The highest BCUT2D eigenvalue weighted by atomic mass is 35.5. The molecule has 0 aromatic heterocycles. The number of nitrogens with zero attached hydrogens (tertiary/aromatic N) is 1. The van der Waals surface area contributed by atoms with Crippen molar-refractivity contribution in [3.8, 4) is 5.75 Å². The highest BCUT2D eigenvalue weighted by molar-refractivity contribution is 6.31. The van der Waals surface area contributed by atoms with Crippen LogP contribution in [-0.4, -0.2) is 49.0 Å². The summed E-state index contributed by atoms with van der Waals surface area (Å²) in [5.74, 6) is -1.43. The number of methoxy groups -OCH3 is 1. The van der Waals surface area contributed by atoms with Crippen molar-refractivity contribution in [1.29, 1.82) is 0 Å². The number of esters is 1. The van der Waals surface area contributed by atoms with Gasteiger partial charge in [-0.25, -0.2) is 4.79 Å². The molecule has 130 valence electrons. The molecule has 0 bridgehead atoms. The molecule has 1 fully saturated rings. The molecule has 1 saturated heterocycles.